The number of morpholine rings is 1. The molecule has 0 atom stereocenters. The van der Waals surface area contributed by atoms with Gasteiger partial charge in [0.1, 0.15) is 5.82 Å². The summed E-state index contributed by atoms with van der Waals surface area (Å²) < 4.78 is 6.98. The molecule has 0 aliphatic carbocycles. The van der Waals surface area contributed by atoms with E-state index in [0.717, 1.165) is 18.7 Å². The maximum Gasteiger partial charge on any atom is 0.256 e. The fraction of sp³-hybridized carbons (Fsp3) is 0.222. The van der Waals surface area contributed by atoms with Crippen molar-refractivity contribution in [3.63, 3.8) is 0 Å². The van der Waals surface area contributed by atoms with E-state index in [-0.39, 0.29) is 11.8 Å². The molecule has 8 nitrogen and oxygen atoms in total. The first-order chi connectivity index (χ1) is 16.9. The van der Waals surface area contributed by atoms with E-state index in [9.17, 15) is 9.59 Å². The first kappa shape index (κ1) is 24.1. The fourth-order valence-electron chi connectivity index (χ4n) is 3.72. The molecule has 0 radical (unpaired) electrons. The van der Waals surface area contributed by atoms with E-state index in [2.05, 4.69) is 33.8 Å². The second kappa shape index (κ2) is 10.9. The number of ether oxygens (including phenoxy) is 1. The van der Waals surface area contributed by atoms with Crippen LogP contribution in [0.2, 0.25) is 0 Å². The molecule has 0 bridgehead atoms. The van der Waals surface area contributed by atoms with Gasteiger partial charge in [-0.3, -0.25) is 19.2 Å². The van der Waals surface area contributed by atoms with Crippen molar-refractivity contribution >= 4 is 23.3 Å². The summed E-state index contributed by atoms with van der Waals surface area (Å²) in [6.45, 7) is 11.6. The molecular formula is C27H29N5O3. The van der Waals surface area contributed by atoms with Gasteiger partial charge < -0.3 is 15.4 Å². The monoisotopic (exact) mass is 471 g/mol. The van der Waals surface area contributed by atoms with Gasteiger partial charge in [0.2, 0.25) is 0 Å². The zero-order valence-corrected chi connectivity index (χ0v) is 19.8. The molecule has 35 heavy (non-hydrogen) atoms. The number of carbonyl (C=O) groups excluding carboxylic acids is 2. The number of carbonyl (C=O) groups is 2. The Hall–Kier alpha value is -4.01. The van der Waals surface area contributed by atoms with Gasteiger partial charge in [-0.25, -0.2) is 0 Å². The minimum atomic E-state index is -0.278. The minimum Gasteiger partial charge on any atom is -0.379 e. The van der Waals surface area contributed by atoms with Crippen molar-refractivity contribution in [2.45, 2.75) is 0 Å². The van der Waals surface area contributed by atoms with Gasteiger partial charge >= 0.3 is 0 Å². The summed E-state index contributed by atoms with van der Waals surface area (Å²) in [4.78, 5) is 27.3. The van der Waals surface area contributed by atoms with Gasteiger partial charge in [-0.2, -0.15) is 5.10 Å². The number of nitrogens with one attached hydrogen (secondary N) is 2. The van der Waals surface area contributed by atoms with Gasteiger partial charge in [0.15, 0.2) is 0 Å². The van der Waals surface area contributed by atoms with Gasteiger partial charge in [0.25, 0.3) is 11.8 Å². The van der Waals surface area contributed by atoms with E-state index in [1.807, 2.05) is 48.5 Å². The lowest BCUT2D eigenvalue weighted by Gasteiger charge is -2.27. The number of nitrogens with zero attached hydrogens (tertiary/aromatic N) is 3. The van der Waals surface area contributed by atoms with Crippen LogP contribution in [0, 0.1) is 0 Å². The highest BCUT2D eigenvalue weighted by Crippen LogP contribution is 2.24. The van der Waals surface area contributed by atoms with Crippen LogP contribution < -0.4 is 10.6 Å². The Bertz CT molecular complexity index is 1230. The lowest BCUT2D eigenvalue weighted by molar-refractivity contribution is -0.112. The number of anilines is 2. The molecule has 0 spiro atoms. The standard InChI is InChI=1S/C27H29N5O3/c1-19(18-32-13-15-35-16-14-32)20(2)26(33)28-23-11-9-21(10-12-23)24-17-25(31(3)30-24)29-27(34)22-7-5-4-6-8-22/h4-12,17H,1-2,13-16,18H2,3H3,(H,28,33)(H,29,34). The quantitative estimate of drug-likeness (QED) is 0.386. The maximum absolute atomic E-state index is 12.6. The van der Waals surface area contributed by atoms with Crippen molar-refractivity contribution in [3.05, 3.63) is 90.5 Å². The lowest BCUT2D eigenvalue weighted by Crippen LogP contribution is -2.38. The molecule has 2 heterocycles. The van der Waals surface area contributed by atoms with Crippen LogP contribution in [0.15, 0.2) is 85.0 Å². The number of amides is 2. The summed E-state index contributed by atoms with van der Waals surface area (Å²) in [6.07, 6.45) is 0. The fourth-order valence-corrected chi connectivity index (χ4v) is 3.72. The Balaban J connectivity index is 1.36. The van der Waals surface area contributed by atoms with Crippen molar-refractivity contribution in [1.29, 1.82) is 0 Å². The van der Waals surface area contributed by atoms with Gasteiger partial charge in [0.05, 0.1) is 18.9 Å². The molecule has 0 unspecified atom stereocenters. The Labute approximate surface area is 204 Å². The molecule has 1 aliphatic rings. The summed E-state index contributed by atoms with van der Waals surface area (Å²) in [7, 11) is 1.77. The normalized spacial score (nSPS) is 13.7. The molecule has 1 aromatic heterocycles. The highest BCUT2D eigenvalue weighted by Gasteiger charge is 2.17. The van der Waals surface area contributed by atoms with Crippen LogP contribution in [0.1, 0.15) is 10.4 Å². The number of benzene rings is 2. The molecular weight excluding hydrogens is 442 g/mol. The van der Waals surface area contributed by atoms with Crippen molar-refractivity contribution in [2.75, 3.05) is 43.5 Å². The Morgan fingerprint density at radius 3 is 2.37 bits per heavy atom. The number of hydrogen-bond acceptors (Lipinski definition) is 5. The highest BCUT2D eigenvalue weighted by atomic mass is 16.5. The minimum absolute atomic E-state index is 0.200. The van der Waals surface area contributed by atoms with Crippen molar-refractivity contribution in [1.82, 2.24) is 14.7 Å². The zero-order valence-electron chi connectivity index (χ0n) is 19.8. The van der Waals surface area contributed by atoms with Crippen molar-refractivity contribution < 1.29 is 14.3 Å². The van der Waals surface area contributed by atoms with Crippen LogP contribution in [0.3, 0.4) is 0 Å². The maximum atomic E-state index is 12.6. The number of hydrogen-bond donors (Lipinski definition) is 2. The van der Waals surface area contributed by atoms with E-state index in [4.69, 9.17) is 4.74 Å². The van der Waals surface area contributed by atoms with E-state index >= 15 is 0 Å². The molecule has 3 aromatic rings. The summed E-state index contributed by atoms with van der Waals surface area (Å²) >= 11 is 0. The number of rotatable bonds is 8. The molecule has 1 aliphatic heterocycles. The summed E-state index contributed by atoms with van der Waals surface area (Å²) in [5.41, 5.74) is 3.84. The SMILES string of the molecule is C=C(CN1CCOCC1)C(=C)C(=O)Nc1ccc(-c2cc(NC(=O)c3ccccc3)n(C)n2)cc1. The molecule has 0 saturated carbocycles. The van der Waals surface area contributed by atoms with E-state index < -0.39 is 0 Å². The van der Waals surface area contributed by atoms with Crippen molar-refractivity contribution in [2.24, 2.45) is 7.05 Å². The van der Waals surface area contributed by atoms with E-state index in [1.54, 1.807) is 23.9 Å². The van der Waals surface area contributed by atoms with Crippen LogP contribution in [0.5, 0.6) is 0 Å². The van der Waals surface area contributed by atoms with E-state index in [1.165, 1.54) is 0 Å². The average Bonchev–Trinajstić information content (AvgIpc) is 3.24. The Morgan fingerprint density at radius 1 is 1.00 bits per heavy atom. The predicted molar refractivity (Wildman–Crippen MR) is 137 cm³/mol. The molecule has 2 N–H and O–H groups in total. The third kappa shape index (κ3) is 6.11. The highest BCUT2D eigenvalue weighted by molar-refractivity contribution is 6.06. The smallest absolute Gasteiger partial charge is 0.256 e. The van der Waals surface area contributed by atoms with Crippen LogP contribution in [-0.2, 0) is 16.6 Å². The molecule has 4 rings (SSSR count). The van der Waals surface area contributed by atoms with Gasteiger partial charge in [-0.1, -0.05) is 43.5 Å². The van der Waals surface area contributed by atoms with Crippen LogP contribution in [0.4, 0.5) is 11.5 Å². The summed E-state index contributed by atoms with van der Waals surface area (Å²) in [5, 5.41) is 10.3. The molecule has 1 fully saturated rings. The molecule has 2 amide bonds. The second-order valence-electron chi connectivity index (χ2n) is 8.36. The molecule has 2 aromatic carbocycles. The van der Waals surface area contributed by atoms with Crippen LogP contribution in [0.25, 0.3) is 11.3 Å². The first-order valence-corrected chi connectivity index (χ1v) is 11.4. The number of aryl methyl sites for hydroxylation is 1. The lowest BCUT2D eigenvalue weighted by atomic mass is 10.1. The van der Waals surface area contributed by atoms with Gasteiger partial charge in [0, 0.05) is 55.1 Å². The summed E-state index contributed by atoms with van der Waals surface area (Å²) in [6, 6.07) is 18.2. The van der Waals surface area contributed by atoms with Gasteiger partial charge in [-0.15, -0.1) is 0 Å². The third-order valence-corrected chi connectivity index (χ3v) is 5.81. The predicted octanol–water partition coefficient (Wildman–Crippen LogP) is 3.72. The largest absolute Gasteiger partial charge is 0.379 e. The topological polar surface area (TPSA) is 88.5 Å². The van der Waals surface area contributed by atoms with Gasteiger partial charge in [-0.05, 0) is 29.8 Å². The zero-order chi connectivity index (χ0) is 24.8. The Morgan fingerprint density at radius 2 is 1.69 bits per heavy atom. The Kier molecular flexibility index (Phi) is 7.54. The molecule has 1 saturated heterocycles. The van der Waals surface area contributed by atoms with E-state index in [0.29, 0.717) is 53.7 Å². The second-order valence-corrected chi connectivity index (χ2v) is 8.36. The molecule has 180 valence electrons. The average molecular weight is 472 g/mol. The van der Waals surface area contributed by atoms with Crippen molar-refractivity contribution in [3.8, 4) is 11.3 Å². The van der Waals surface area contributed by atoms with Crippen LogP contribution in [-0.4, -0.2) is 59.3 Å². The third-order valence-electron chi connectivity index (χ3n) is 5.81. The summed E-state index contributed by atoms with van der Waals surface area (Å²) in [5.74, 6) is 0.106. The molecule has 8 heteroatoms. The number of aromatic nitrogens is 2. The first-order valence-electron chi connectivity index (χ1n) is 11.4. The van der Waals surface area contributed by atoms with Crippen LogP contribution >= 0.6 is 0 Å².